The molecule has 0 aromatic heterocycles. The van der Waals surface area contributed by atoms with E-state index in [4.69, 9.17) is 4.74 Å². The van der Waals surface area contributed by atoms with Gasteiger partial charge in [0.25, 0.3) is 0 Å². The van der Waals surface area contributed by atoms with Crippen LogP contribution in [0.2, 0.25) is 0 Å². The number of methoxy groups -OCH3 is 1. The van der Waals surface area contributed by atoms with Gasteiger partial charge in [-0.05, 0) is 72.4 Å². The number of rotatable bonds is 13. The summed E-state index contributed by atoms with van der Waals surface area (Å²) in [6, 6.07) is 10.2. The van der Waals surface area contributed by atoms with Crippen LogP contribution in [0.15, 0.2) is 36.4 Å². The summed E-state index contributed by atoms with van der Waals surface area (Å²) in [5, 5.41) is 40.6. The fraction of sp³-hybridized carbons (Fsp3) is 0.552. The van der Waals surface area contributed by atoms with Gasteiger partial charge in [-0.1, -0.05) is 51.2 Å². The third-order valence-corrected chi connectivity index (χ3v) is 7.54. The van der Waals surface area contributed by atoms with Crippen molar-refractivity contribution < 1.29 is 30.0 Å². The van der Waals surface area contributed by atoms with Crippen LogP contribution in [0.4, 0.5) is 0 Å². The molecule has 3 rings (SSSR count). The largest absolute Gasteiger partial charge is 0.504 e. The standard InChI is InChI=1S/C29H40O6/c1-3-4-5-8-20(21-9-11-26(33)28(16-21)35-2)15-23(30)18-24(31)19-29(13-6-7-14-29)22-10-12-25(32)27(34)17-22/h9-12,16-17,20,24,31-34H,3-8,13-15,18-19H2,1-2H3/t20-,24+/m1/s1. The molecule has 6 heteroatoms. The Hall–Kier alpha value is -2.73. The summed E-state index contributed by atoms with van der Waals surface area (Å²) in [5.74, 6) is 0.192. The first-order chi connectivity index (χ1) is 16.8. The minimum Gasteiger partial charge on any atom is -0.504 e. The highest BCUT2D eigenvalue weighted by Gasteiger charge is 2.38. The van der Waals surface area contributed by atoms with Gasteiger partial charge in [-0.2, -0.15) is 0 Å². The van der Waals surface area contributed by atoms with Crippen molar-refractivity contribution >= 4 is 5.78 Å². The van der Waals surface area contributed by atoms with Gasteiger partial charge in [0.1, 0.15) is 5.78 Å². The highest BCUT2D eigenvalue weighted by atomic mass is 16.5. The number of hydrogen-bond donors (Lipinski definition) is 4. The van der Waals surface area contributed by atoms with E-state index in [0.717, 1.165) is 62.5 Å². The summed E-state index contributed by atoms with van der Waals surface area (Å²) in [7, 11) is 1.51. The Kier molecular flexibility index (Phi) is 9.44. The normalized spacial score (nSPS) is 16.7. The molecular formula is C29H40O6. The molecule has 2 aromatic carbocycles. The highest BCUT2D eigenvalue weighted by molar-refractivity contribution is 5.79. The van der Waals surface area contributed by atoms with E-state index >= 15 is 0 Å². The molecule has 6 nitrogen and oxygen atoms in total. The lowest BCUT2D eigenvalue weighted by atomic mass is 9.73. The molecule has 2 aromatic rings. The summed E-state index contributed by atoms with van der Waals surface area (Å²) in [5.41, 5.74) is 1.58. The van der Waals surface area contributed by atoms with Gasteiger partial charge in [-0.3, -0.25) is 4.79 Å². The van der Waals surface area contributed by atoms with E-state index in [1.807, 2.05) is 12.1 Å². The smallest absolute Gasteiger partial charge is 0.160 e. The second kappa shape index (κ2) is 12.3. The Morgan fingerprint density at radius 2 is 1.69 bits per heavy atom. The van der Waals surface area contributed by atoms with E-state index in [1.54, 1.807) is 18.2 Å². The van der Waals surface area contributed by atoms with E-state index in [2.05, 4.69) is 6.92 Å². The average Bonchev–Trinajstić information content (AvgIpc) is 3.30. The molecule has 1 aliphatic rings. The maximum Gasteiger partial charge on any atom is 0.160 e. The number of aromatic hydroxyl groups is 3. The molecule has 0 radical (unpaired) electrons. The maximum absolute atomic E-state index is 13.1. The van der Waals surface area contributed by atoms with Gasteiger partial charge >= 0.3 is 0 Å². The van der Waals surface area contributed by atoms with E-state index in [9.17, 15) is 25.2 Å². The van der Waals surface area contributed by atoms with Crippen LogP contribution in [0, 0.1) is 0 Å². The van der Waals surface area contributed by atoms with Gasteiger partial charge in [0.05, 0.1) is 13.2 Å². The number of benzene rings is 2. The SMILES string of the molecule is CCCCC[C@H](CC(=O)C[C@H](O)CC1(c2ccc(O)c(O)c2)CCCC1)c1ccc(O)c(OC)c1. The van der Waals surface area contributed by atoms with Gasteiger partial charge in [0, 0.05) is 12.8 Å². The summed E-state index contributed by atoms with van der Waals surface area (Å²) in [6.07, 6.45) is 7.98. The second-order valence-electron chi connectivity index (χ2n) is 10.1. The molecule has 0 aliphatic heterocycles. The van der Waals surface area contributed by atoms with Crippen LogP contribution in [0.3, 0.4) is 0 Å². The minimum absolute atomic E-state index is 0.00485. The molecule has 0 unspecified atom stereocenters. The van der Waals surface area contributed by atoms with Crippen molar-refractivity contribution in [1.29, 1.82) is 0 Å². The molecule has 4 N–H and O–H groups in total. The quantitative estimate of drug-likeness (QED) is 0.202. The van der Waals surface area contributed by atoms with Gasteiger partial charge in [0.15, 0.2) is 23.0 Å². The molecule has 1 saturated carbocycles. The fourth-order valence-corrected chi connectivity index (χ4v) is 5.64. The lowest BCUT2D eigenvalue weighted by Crippen LogP contribution is -2.29. The zero-order chi connectivity index (χ0) is 25.4. The summed E-state index contributed by atoms with van der Waals surface area (Å²) < 4.78 is 5.27. The summed E-state index contributed by atoms with van der Waals surface area (Å²) in [6.45, 7) is 2.15. The topological polar surface area (TPSA) is 107 Å². The zero-order valence-electron chi connectivity index (χ0n) is 21.0. The lowest BCUT2D eigenvalue weighted by Gasteiger charge is -2.32. The van der Waals surface area contributed by atoms with Crippen LogP contribution in [0.5, 0.6) is 23.0 Å². The van der Waals surface area contributed by atoms with Crippen molar-refractivity contribution in [3.05, 3.63) is 47.5 Å². The predicted octanol–water partition coefficient (Wildman–Crippen LogP) is 6.09. The van der Waals surface area contributed by atoms with Gasteiger partial charge in [-0.25, -0.2) is 0 Å². The fourth-order valence-electron chi connectivity index (χ4n) is 5.64. The van der Waals surface area contributed by atoms with Crippen molar-refractivity contribution in [1.82, 2.24) is 0 Å². The number of unbranched alkanes of at least 4 members (excludes halogenated alkanes) is 2. The molecule has 192 valence electrons. The number of phenolic OH excluding ortho intramolecular Hbond substituents is 3. The first kappa shape index (κ1) is 26.9. The number of Topliss-reactive ketones (excluding diaryl/α,β-unsaturated/α-hetero) is 1. The van der Waals surface area contributed by atoms with E-state index in [-0.39, 0.29) is 40.8 Å². The molecule has 2 atom stereocenters. The highest BCUT2D eigenvalue weighted by Crippen LogP contribution is 2.46. The Balaban J connectivity index is 1.69. The molecule has 0 saturated heterocycles. The number of carbonyl (C=O) groups is 1. The number of ether oxygens (including phenoxy) is 1. The third-order valence-electron chi connectivity index (χ3n) is 7.54. The van der Waals surface area contributed by atoms with Crippen LogP contribution >= 0.6 is 0 Å². The van der Waals surface area contributed by atoms with Crippen LogP contribution in [-0.4, -0.2) is 39.4 Å². The van der Waals surface area contributed by atoms with Crippen LogP contribution < -0.4 is 4.74 Å². The number of hydrogen-bond acceptors (Lipinski definition) is 6. The number of aliphatic hydroxyl groups excluding tert-OH is 1. The third kappa shape index (κ3) is 6.91. The minimum atomic E-state index is -0.776. The Morgan fingerprint density at radius 3 is 2.34 bits per heavy atom. The lowest BCUT2D eigenvalue weighted by molar-refractivity contribution is -0.121. The van der Waals surface area contributed by atoms with Crippen LogP contribution in [0.25, 0.3) is 0 Å². The van der Waals surface area contributed by atoms with E-state index in [0.29, 0.717) is 18.6 Å². The molecule has 1 fully saturated rings. The molecule has 35 heavy (non-hydrogen) atoms. The first-order valence-corrected chi connectivity index (χ1v) is 12.9. The van der Waals surface area contributed by atoms with Crippen molar-refractivity contribution in [3.63, 3.8) is 0 Å². The van der Waals surface area contributed by atoms with Gasteiger partial charge < -0.3 is 25.2 Å². The monoisotopic (exact) mass is 484 g/mol. The number of carbonyl (C=O) groups excluding carboxylic acids is 1. The van der Waals surface area contributed by atoms with Crippen molar-refractivity contribution in [3.8, 4) is 23.0 Å². The summed E-state index contributed by atoms with van der Waals surface area (Å²) in [4.78, 5) is 13.1. The Morgan fingerprint density at radius 1 is 0.971 bits per heavy atom. The summed E-state index contributed by atoms with van der Waals surface area (Å²) >= 11 is 0. The molecular weight excluding hydrogens is 444 g/mol. The van der Waals surface area contributed by atoms with Gasteiger partial charge in [-0.15, -0.1) is 0 Å². The molecule has 1 aliphatic carbocycles. The van der Waals surface area contributed by atoms with Crippen molar-refractivity contribution in [2.24, 2.45) is 0 Å². The van der Waals surface area contributed by atoms with Crippen LogP contribution in [-0.2, 0) is 10.2 Å². The number of phenols is 3. The Labute approximate surface area is 208 Å². The molecule has 0 spiro atoms. The number of ketones is 1. The van der Waals surface area contributed by atoms with Crippen LogP contribution in [0.1, 0.15) is 94.6 Å². The molecule has 0 amide bonds. The zero-order valence-corrected chi connectivity index (χ0v) is 21.0. The van der Waals surface area contributed by atoms with Gasteiger partial charge in [0.2, 0.25) is 0 Å². The van der Waals surface area contributed by atoms with Crippen molar-refractivity contribution in [2.75, 3.05) is 7.11 Å². The van der Waals surface area contributed by atoms with E-state index in [1.165, 1.54) is 13.2 Å². The average molecular weight is 485 g/mol. The predicted molar refractivity (Wildman–Crippen MR) is 136 cm³/mol. The second-order valence-corrected chi connectivity index (χ2v) is 10.1. The first-order valence-electron chi connectivity index (χ1n) is 12.9. The number of aliphatic hydroxyl groups is 1. The molecule has 0 heterocycles. The Bertz CT molecular complexity index is 979. The van der Waals surface area contributed by atoms with Crippen molar-refractivity contribution in [2.45, 2.75) is 95.0 Å². The molecule has 0 bridgehead atoms. The maximum atomic E-state index is 13.1. The van der Waals surface area contributed by atoms with E-state index < -0.39 is 6.10 Å².